The molecule has 5 N–H and O–H groups in total. The predicted molar refractivity (Wildman–Crippen MR) is 328 cm³/mol. The maximum Gasteiger partial charge on any atom is 0.284 e. The molecule has 0 radical (unpaired) electrons. The Labute approximate surface area is 503 Å². The van der Waals surface area contributed by atoms with Gasteiger partial charge in [-0.05, 0) is 148 Å². The number of thiazole rings is 2. The lowest BCUT2D eigenvalue weighted by Crippen LogP contribution is -2.57. The molecule has 1 aromatic carbocycles. The number of carbonyl (C=O) groups excluding carboxylic acids is 4. The minimum Gasteiger partial charge on any atom is -0.391 e. The van der Waals surface area contributed by atoms with Crippen molar-refractivity contribution in [3.63, 3.8) is 0 Å². The number of likely N-dealkylation sites (tertiary alicyclic amines) is 1. The van der Waals surface area contributed by atoms with E-state index in [0.29, 0.717) is 46.6 Å². The van der Waals surface area contributed by atoms with Crippen LogP contribution >= 0.6 is 22.7 Å². The number of amides is 4. The lowest BCUT2D eigenvalue weighted by Gasteiger charge is -2.56. The fraction of sp³-hybridized carbons (Fsp3) is 0.492. The first-order valence-electron chi connectivity index (χ1n) is 29.3. The van der Waals surface area contributed by atoms with Crippen molar-refractivity contribution >= 4 is 89.3 Å². The summed E-state index contributed by atoms with van der Waals surface area (Å²) >= 11 is 2.96. The number of hydrogen-bond donors (Lipinski definition) is 5. The minimum atomic E-state index is -4.22. The number of nitrogens with one attached hydrogen (secondary N) is 4. The molecule has 5 aliphatic rings. The zero-order chi connectivity index (χ0) is 60.0. The van der Waals surface area contributed by atoms with E-state index in [1.807, 2.05) is 84.0 Å². The van der Waals surface area contributed by atoms with E-state index in [2.05, 4.69) is 50.5 Å². The van der Waals surface area contributed by atoms with Gasteiger partial charge in [0.2, 0.25) is 27.7 Å². The second-order valence-electron chi connectivity index (χ2n) is 25.1. The van der Waals surface area contributed by atoms with Gasteiger partial charge in [-0.1, -0.05) is 62.8 Å². The highest BCUT2D eigenvalue weighted by molar-refractivity contribution is 7.90. The van der Waals surface area contributed by atoms with Crippen LogP contribution < -0.4 is 25.6 Å². The number of aromatic nitrogens is 8. The second kappa shape index (κ2) is 24.2. The number of carbonyl (C=O) groups is 4. The van der Waals surface area contributed by atoms with Crippen molar-refractivity contribution < 1.29 is 32.7 Å². The Bertz CT molecular complexity index is 3690. The van der Waals surface area contributed by atoms with Crippen LogP contribution in [-0.2, 0) is 37.5 Å². The molecule has 448 valence electrons. The molecule has 4 amide bonds. The largest absolute Gasteiger partial charge is 0.391 e. The van der Waals surface area contributed by atoms with E-state index in [1.165, 1.54) is 54.8 Å². The van der Waals surface area contributed by atoms with Crippen molar-refractivity contribution in [2.45, 2.75) is 143 Å². The first kappa shape index (κ1) is 59.5. The van der Waals surface area contributed by atoms with Crippen molar-refractivity contribution in [3.8, 4) is 21.6 Å². The highest BCUT2D eigenvalue weighted by atomic mass is 32.2. The molecule has 3 atom stereocenters. The third-order valence-electron chi connectivity index (χ3n) is 17.5. The number of anilines is 4. The van der Waals surface area contributed by atoms with Gasteiger partial charge in [0.1, 0.15) is 33.9 Å². The highest BCUT2D eigenvalue weighted by Gasteiger charge is 2.51. The zero-order valence-corrected chi connectivity index (χ0v) is 51.5. The number of aliphatic hydroxyl groups is 1. The van der Waals surface area contributed by atoms with E-state index < -0.39 is 63.0 Å². The Morgan fingerprint density at radius 1 is 0.882 bits per heavy atom. The Balaban J connectivity index is 0.724. The average Bonchev–Trinajstić information content (AvgIpc) is 1.93. The summed E-state index contributed by atoms with van der Waals surface area (Å²) in [6.07, 6.45) is 10.9. The van der Waals surface area contributed by atoms with Gasteiger partial charge in [-0.3, -0.25) is 23.9 Å². The molecule has 4 aliphatic carbocycles. The molecule has 12 rings (SSSR count). The molecule has 4 saturated carbocycles. The summed E-state index contributed by atoms with van der Waals surface area (Å²) in [6.45, 7) is 12.2. The first-order chi connectivity index (χ1) is 40.6. The molecule has 5 fully saturated rings. The number of benzene rings is 1. The maximum atomic E-state index is 14.5. The van der Waals surface area contributed by atoms with Crippen LogP contribution in [0.5, 0.6) is 0 Å². The van der Waals surface area contributed by atoms with Gasteiger partial charge in [0, 0.05) is 62.5 Å². The van der Waals surface area contributed by atoms with Crippen LogP contribution in [-0.4, -0.2) is 119 Å². The Kier molecular flexibility index (Phi) is 17.0. The Morgan fingerprint density at radius 2 is 1.62 bits per heavy atom. The van der Waals surface area contributed by atoms with E-state index in [9.17, 15) is 32.7 Å². The van der Waals surface area contributed by atoms with Crippen LogP contribution in [0.25, 0.3) is 31.9 Å². The number of aryl methyl sites for hydroxylation is 2. The fourth-order valence-corrected chi connectivity index (χ4v) is 16.2. The monoisotopic (exact) mass is 1210 g/mol. The number of β-amino-alcohol motifs (C(OH)–C–C–N with tert-alkyl or cyclic N) is 1. The molecule has 7 heterocycles. The van der Waals surface area contributed by atoms with E-state index >= 15 is 0 Å². The number of sulfonamides is 1. The summed E-state index contributed by atoms with van der Waals surface area (Å²) in [7, 11) is -2.47. The molecule has 4 bridgehead atoms. The molecular weight excluding hydrogens is 1140 g/mol. The van der Waals surface area contributed by atoms with Gasteiger partial charge >= 0.3 is 0 Å². The topological polar surface area (TPSA) is 272 Å². The van der Waals surface area contributed by atoms with Gasteiger partial charge < -0.3 is 30.9 Å². The smallest absolute Gasteiger partial charge is 0.284 e. The number of pyridine rings is 2. The van der Waals surface area contributed by atoms with Crippen LogP contribution in [0, 0.1) is 49.4 Å². The van der Waals surface area contributed by atoms with Crippen LogP contribution in [0.15, 0.2) is 72.5 Å². The molecule has 1 aliphatic heterocycles. The van der Waals surface area contributed by atoms with Crippen molar-refractivity contribution in [3.05, 3.63) is 101 Å². The number of nitrogens with zero attached hydrogens (tertiary/aromatic N) is 10. The third kappa shape index (κ3) is 13.3. The molecule has 24 heteroatoms. The van der Waals surface area contributed by atoms with Gasteiger partial charge in [0.25, 0.3) is 5.91 Å². The summed E-state index contributed by atoms with van der Waals surface area (Å²) in [6, 6.07) is 14.9. The normalized spacial score (nSPS) is 21.3. The van der Waals surface area contributed by atoms with Gasteiger partial charge in [-0.15, -0.1) is 21.5 Å². The number of rotatable bonds is 21. The maximum absolute atomic E-state index is 14.5. The van der Waals surface area contributed by atoms with Crippen LogP contribution in [0.4, 0.5) is 22.6 Å². The summed E-state index contributed by atoms with van der Waals surface area (Å²) in [5, 5.41) is 34.2. The number of hydrogen-bond acceptors (Lipinski definition) is 18. The quantitative estimate of drug-likeness (QED) is 0.0420. The van der Waals surface area contributed by atoms with Gasteiger partial charge in [0.05, 0.1) is 34.1 Å². The van der Waals surface area contributed by atoms with E-state index in [1.54, 1.807) is 53.3 Å². The summed E-state index contributed by atoms with van der Waals surface area (Å²) in [5.74, 6) is 0.950. The number of aliphatic hydroxyl groups excluding tert-OH is 1. The zero-order valence-electron chi connectivity index (χ0n) is 49.1. The molecule has 0 spiro atoms. The van der Waals surface area contributed by atoms with Crippen LogP contribution in [0.1, 0.15) is 124 Å². The standard InChI is InChI=1S/C61H74N14O7S3/c1-35-22-49(70-71-54(35)69-59-66-46-12-11-20-62-57(46)84-59)73(7)48-19-18-44(45-31-65-75(37(45)3)33-61-27-39-23-40(28-61)25-41(24-39)29-61)51(67-48)56(79)72-85(81,82)21-10-8-9-13-50(77)68-53(60(4,5)6)58(80)74-32-43(76)26-47(74)55(78)63-30-38-14-16-42(17-15-38)52-36(2)64-34-83-52/h11-12,14-20,22,31,34,39-41,43,47,53,76H,8-10,13,21,23-30,32-33H2,1-7H3,(H,63,78)(H,68,77)(H,72,79)(H,66,69,71)/t39?,40?,41?,43-,47+,53-,61?/m1/s1. The van der Waals surface area contributed by atoms with E-state index in [0.717, 1.165) is 67.6 Å². The third-order valence-corrected chi connectivity index (χ3v) is 20.7. The summed E-state index contributed by atoms with van der Waals surface area (Å²) < 4.78 is 32.0. The van der Waals surface area contributed by atoms with Crippen LogP contribution in [0.2, 0.25) is 0 Å². The molecule has 21 nitrogen and oxygen atoms in total. The van der Waals surface area contributed by atoms with Gasteiger partial charge in [-0.25, -0.2) is 33.1 Å². The lowest BCUT2D eigenvalue weighted by molar-refractivity contribution is -0.144. The number of unbranched alkanes of at least 4 members (excludes halogenated alkanes) is 2. The Hall–Kier alpha value is -7.28. The van der Waals surface area contributed by atoms with Crippen LogP contribution in [0.3, 0.4) is 0 Å². The lowest BCUT2D eigenvalue weighted by atomic mass is 9.49. The average molecular weight is 1210 g/mol. The van der Waals surface area contributed by atoms with E-state index in [-0.39, 0.29) is 43.5 Å². The fourth-order valence-electron chi connectivity index (χ4n) is 13.5. The summed E-state index contributed by atoms with van der Waals surface area (Å²) in [5.41, 5.74) is 7.48. The Morgan fingerprint density at radius 3 is 2.31 bits per heavy atom. The molecule has 6 aromatic heterocycles. The van der Waals surface area contributed by atoms with Crippen molar-refractivity contribution in [2.75, 3.05) is 29.6 Å². The first-order valence-corrected chi connectivity index (χ1v) is 32.6. The number of fused-ring (bicyclic) bond motifs is 1. The van der Waals surface area contributed by atoms with Gasteiger partial charge in [0.15, 0.2) is 16.8 Å². The minimum absolute atomic E-state index is 0.00629. The SMILES string of the molecule is Cc1cc(N(C)c2ccc(-c3cnn(CC45CC6CC(CC(C6)C4)C5)c3C)c(C(=O)NS(=O)(=O)CCCCCC(=O)N[C@H](C(=O)N3C[C@H](O)C[C@H]3C(=O)NCc3ccc(-c4scnc4C)cc3)C(C)(C)C)n2)nnc1Nc1nc2cccnc2s1. The second-order valence-corrected chi connectivity index (χ2v) is 28.7. The molecule has 0 unspecified atom stereocenters. The van der Waals surface area contributed by atoms with Crippen molar-refractivity contribution in [1.29, 1.82) is 0 Å². The molecular formula is C61H74N14O7S3. The predicted octanol–water partition coefficient (Wildman–Crippen LogP) is 8.95. The van der Waals surface area contributed by atoms with Crippen molar-refractivity contribution in [1.82, 2.24) is 60.2 Å². The van der Waals surface area contributed by atoms with Gasteiger partial charge in [-0.2, -0.15) is 5.10 Å². The molecule has 7 aromatic rings. The molecule has 1 saturated heterocycles. The van der Waals surface area contributed by atoms with Crippen molar-refractivity contribution in [2.24, 2.45) is 28.6 Å². The highest BCUT2D eigenvalue weighted by Crippen LogP contribution is 2.60. The van der Waals surface area contributed by atoms with E-state index in [4.69, 9.17) is 10.1 Å². The molecule has 85 heavy (non-hydrogen) atoms. The summed E-state index contributed by atoms with van der Waals surface area (Å²) in [4.78, 5) is 79.0.